The molecule has 1 aliphatic rings. The Bertz CT molecular complexity index is 508. The van der Waals surface area contributed by atoms with E-state index in [1.807, 2.05) is 0 Å². The Morgan fingerprint density at radius 1 is 1.19 bits per heavy atom. The van der Waals surface area contributed by atoms with Gasteiger partial charge in [-0.05, 0) is 12.8 Å². The molecule has 118 valence electrons. The zero-order valence-corrected chi connectivity index (χ0v) is 10.9. The third-order valence-electron chi connectivity index (χ3n) is 2.85. The monoisotopic (exact) mass is 314 g/mol. The predicted octanol–water partition coefficient (Wildman–Crippen LogP) is 3.07. The van der Waals surface area contributed by atoms with Crippen LogP contribution in [0, 0.1) is 0 Å². The van der Waals surface area contributed by atoms with Crippen LogP contribution in [-0.4, -0.2) is 35.8 Å². The highest BCUT2D eigenvalue weighted by molar-refractivity contribution is 5.51. The first-order valence-electron chi connectivity index (χ1n) is 6.07. The van der Waals surface area contributed by atoms with Crippen molar-refractivity contribution in [1.29, 1.82) is 0 Å². The van der Waals surface area contributed by atoms with E-state index >= 15 is 0 Å². The van der Waals surface area contributed by atoms with Crippen molar-refractivity contribution in [3.63, 3.8) is 0 Å². The van der Waals surface area contributed by atoms with E-state index < -0.39 is 30.8 Å². The maximum Gasteiger partial charge on any atom is 0.451 e. The molecule has 0 spiro atoms. The number of nitrogens with zero attached hydrogens (tertiary/aromatic N) is 3. The van der Waals surface area contributed by atoms with Gasteiger partial charge in [-0.15, -0.1) is 0 Å². The van der Waals surface area contributed by atoms with E-state index in [0.717, 1.165) is 11.0 Å². The SMILES string of the molecule is CNc1cc(N(CC(F)(F)F)C2CC2)nc(C(F)(F)F)n1. The molecule has 1 saturated carbocycles. The maximum absolute atomic E-state index is 12.7. The molecule has 1 fully saturated rings. The normalized spacial score (nSPS) is 16.0. The van der Waals surface area contributed by atoms with Gasteiger partial charge in [-0.1, -0.05) is 0 Å². The van der Waals surface area contributed by atoms with Crippen LogP contribution in [0.15, 0.2) is 6.07 Å². The van der Waals surface area contributed by atoms with Crippen LogP contribution in [0.5, 0.6) is 0 Å². The van der Waals surface area contributed by atoms with Crippen molar-refractivity contribution in [2.24, 2.45) is 0 Å². The van der Waals surface area contributed by atoms with Crippen LogP contribution in [0.4, 0.5) is 38.0 Å². The molecule has 0 aromatic carbocycles. The van der Waals surface area contributed by atoms with E-state index in [9.17, 15) is 26.3 Å². The molecule has 0 aliphatic heterocycles. The van der Waals surface area contributed by atoms with Crippen molar-refractivity contribution in [3.8, 4) is 0 Å². The summed E-state index contributed by atoms with van der Waals surface area (Å²) in [7, 11) is 1.33. The summed E-state index contributed by atoms with van der Waals surface area (Å²) >= 11 is 0. The summed E-state index contributed by atoms with van der Waals surface area (Å²) in [6.45, 7) is -1.34. The minimum atomic E-state index is -4.82. The summed E-state index contributed by atoms with van der Waals surface area (Å²) in [5, 5.41) is 2.40. The smallest absolute Gasteiger partial charge is 0.373 e. The summed E-state index contributed by atoms with van der Waals surface area (Å²) < 4.78 is 75.8. The van der Waals surface area contributed by atoms with Crippen molar-refractivity contribution < 1.29 is 26.3 Å². The number of aromatic nitrogens is 2. The van der Waals surface area contributed by atoms with E-state index in [4.69, 9.17) is 0 Å². The molecule has 1 aromatic heterocycles. The first-order chi connectivity index (χ1) is 9.60. The van der Waals surface area contributed by atoms with Crippen LogP contribution >= 0.6 is 0 Å². The van der Waals surface area contributed by atoms with Crippen molar-refractivity contribution in [1.82, 2.24) is 9.97 Å². The second kappa shape index (κ2) is 5.23. The number of alkyl halides is 6. The number of rotatable bonds is 4. The zero-order chi connectivity index (χ0) is 15.8. The Morgan fingerprint density at radius 3 is 2.24 bits per heavy atom. The quantitative estimate of drug-likeness (QED) is 0.867. The van der Waals surface area contributed by atoms with Gasteiger partial charge in [-0.2, -0.15) is 26.3 Å². The van der Waals surface area contributed by atoms with Crippen molar-refractivity contribution in [2.45, 2.75) is 31.2 Å². The van der Waals surface area contributed by atoms with Gasteiger partial charge in [0, 0.05) is 19.2 Å². The zero-order valence-electron chi connectivity index (χ0n) is 10.9. The fraction of sp³-hybridized carbons (Fsp3) is 0.636. The lowest BCUT2D eigenvalue weighted by molar-refractivity contribution is -0.144. The number of anilines is 2. The van der Waals surface area contributed by atoms with Crippen LogP contribution in [0.1, 0.15) is 18.7 Å². The summed E-state index contributed by atoms with van der Waals surface area (Å²) in [6, 6.07) is 0.645. The van der Waals surface area contributed by atoms with E-state index in [1.54, 1.807) is 0 Å². The molecule has 2 rings (SSSR count). The highest BCUT2D eigenvalue weighted by atomic mass is 19.4. The third-order valence-corrected chi connectivity index (χ3v) is 2.85. The topological polar surface area (TPSA) is 41.0 Å². The predicted molar refractivity (Wildman–Crippen MR) is 63.0 cm³/mol. The van der Waals surface area contributed by atoms with Crippen molar-refractivity contribution in [2.75, 3.05) is 23.8 Å². The highest BCUT2D eigenvalue weighted by Crippen LogP contribution is 2.36. The Labute approximate surface area is 116 Å². The molecular weight excluding hydrogens is 302 g/mol. The molecule has 4 nitrogen and oxygen atoms in total. The Hall–Kier alpha value is -1.74. The summed E-state index contributed by atoms with van der Waals surface area (Å²) in [6.07, 6.45) is -8.35. The molecule has 0 atom stereocenters. The first-order valence-corrected chi connectivity index (χ1v) is 6.07. The van der Waals surface area contributed by atoms with Crippen LogP contribution in [0.25, 0.3) is 0 Å². The summed E-state index contributed by atoms with van der Waals surface area (Å²) in [5.41, 5.74) is 0. The fourth-order valence-corrected chi connectivity index (χ4v) is 1.81. The first kappa shape index (κ1) is 15.6. The number of hydrogen-bond acceptors (Lipinski definition) is 4. The van der Waals surface area contributed by atoms with E-state index in [2.05, 4.69) is 15.3 Å². The van der Waals surface area contributed by atoms with Crippen LogP contribution in [-0.2, 0) is 6.18 Å². The van der Waals surface area contributed by atoms with Crippen LogP contribution < -0.4 is 10.2 Å². The van der Waals surface area contributed by atoms with Gasteiger partial charge in [-0.25, -0.2) is 9.97 Å². The van der Waals surface area contributed by atoms with Gasteiger partial charge >= 0.3 is 12.4 Å². The minimum absolute atomic E-state index is 0.180. The molecule has 0 bridgehead atoms. The molecule has 10 heteroatoms. The average Bonchev–Trinajstić information content (AvgIpc) is 3.17. The lowest BCUT2D eigenvalue weighted by atomic mass is 10.4. The summed E-state index contributed by atoms with van der Waals surface area (Å²) in [4.78, 5) is 7.32. The van der Waals surface area contributed by atoms with Crippen LogP contribution in [0.2, 0.25) is 0 Å². The molecule has 1 aliphatic carbocycles. The van der Waals surface area contributed by atoms with Crippen molar-refractivity contribution >= 4 is 11.6 Å². The van der Waals surface area contributed by atoms with Crippen LogP contribution in [0.3, 0.4) is 0 Å². The molecule has 0 saturated heterocycles. The molecular formula is C11H12F6N4. The largest absolute Gasteiger partial charge is 0.451 e. The van der Waals surface area contributed by atoms with E-state index in [-0.39, 0.29) is 11.6 Å². The minimum Gasteiger partial charge on any atom is -0.373 e. The Balaban J connectivity index is 2.39. The van der Waals surface area contributed by atoms with Gasteiger partial charge in [0.2, 0.25) is 5.82 Å². The molecule has 0 amide bonds. The molecule has 1 heterocycles. The maximum atomic E-state index is 12.7. The van der Waals surface area contributed by atoms with Gasteiger partial charge in [0.05, 0.1) is 0 Å². The van der Waals surface area contributed by atoms with E-state index in [0.29, 0.717) is 12.8 Å². The van der Waals surface area contributed by atoms with Gasteiger partial charge in [0.25, 0.3) is 0 Å². The van der Waals surface area contributed by atoms with Gasteiger partial charge in [0.1, 0.15) is 18.2 Å². The lowest BCUT2D eigenvalue weighted by Crippen LogP contribution is -2.37. The second-order valence-electron chi connectivity index (χ2n) is 4.66. The molecule has 0 radical (unpaired) electrons. The Kier molecular flexibility index (Phi) is 3.89. The average molecular weight is 314 g/mol. The van der Waals surface area contributed by atoms with Gasteiger partial charge in [-0.3, -0.25) is 0 Å². The van der Waals surface area contributed by atoms with Gasteiger partial charge < -0.3 is 10.2 Å². The number of halogens is 6. The van der Waals surface area contributed by atoms with E-state index in [1.165, 1.54) is 7.05 Å². The standard InChI is InChI=1S/C11H12F6N4/c1-18-7-4-8(20-9(19-7)11(15,16)17)21(6-2-3-6)5-10(12,13)14/h4,6H,2-3,5H2,1H3,(H,18,19,20). The highest BCUT2D eigenvalue weighted by Gasteiger charge is 2.41. The molecule has 1 aromatic rings. The summed E-state index contributed by atoms with van der Waals surface area (Å²) in [5.74, 6) is -2.01. The Morgan fingerprint density at radius 2 is 1.81 bits per heavy atom. The lowest BCUT2D eigenvalue weighted by Gasteiger charge is -2.25. The molecule has 21 heavy (non-hydrogen) atoms. The molecule has 0 unspecified atom stereocenters. The molecule has 1 N–H and O–H groups in total. The van der Waals surface area contributed by atoms with Gasteiger partial charge in [0.15, 0.2) is 0 Å². The second-order valence-corrected chi connectivity index (χ2v) is 4.66. The fourth-order valence-electron chi connectivity index (χ4n) is 1.81. The number of nitrogens with one attached hydrogen (secondary N) is 1. The third kappa shape index (κ3) is 4.11. The van der Waals surface area contributed by atoms with Crippen molar-refractivity contribution in [3.05, 3.63) is 11.9 Å². The number of hydrogen-bond donors (Lipinski definition) is 1.